The Bertz CT molecular complexity index is 898. The number of nitrogens with one attached hydrogen (secondary N) is 2. The van der Waals surface area contributed by atoms with E-state index in [0.29, 0.717) is 24.2 Å². The van der Waals surface area contributed by atoms with Crippen LogP contribution in [0.2, 0.25) is 0 Å². The van der Waals surface area contributed by atoms with E-state index in [1.807, 2.05) is 0 Å². The minimum atomic E-state index is -1.69. The zero-order valence-corrected chi connectivity index (χ0v) is 14.6. The molecule has 1 aromatic heterocycles. The second kappa shape index (κ2) is 7.79. The molecule has 1 fully saturated rings. The average molecular weight is 377 g/mol. The van der Waals surface area contributed by atoms with Gasteiger partial charge in [0, 0.05) is 11.8 Å². The van der Waals surface area contributed by atoms with Crippen LogP contribution in [0.25, 0.3) is 6.08 Å². The number of hydrogen-bond acceptors (Lipinski definition) is 4. The summed E-state index contributed by atoms with van der Waals surface area (Å²) in [5.41, 5.74) is 2.48. The second-order valence-electron chi connectivity index (χ2n) is 6.37. The minimum Gasteiger partial charge on any atom is -0.337 e. The molecule has 0 radical (unpaired) electrons. The Kier molecular flexibility index (Phi) is 5.46. The number of rotatable bonds is 7. The minimum absolute atomic E-state index is 0.147. The van der Waals surface area contributed by atoms with Crippen LogP contribution in [0.1, 0.15) is 34.3 Å². The lowest BCUT2D eigenvalue weighted by atomic mass is 10.1. The van der Waals surface area contributed by atoms with Crippen molar-refractivity contribution in [3.05, 3.63) is 59.1 Å². The molecule has 27 heavy (non-hydrogen) atoms. The zero-order chi connectivity index (χ0) is 19.6. The van der Waals surface area contributed by atoms with Gasteiger partial charge in [0.05, 0.1) is 17.9 Å². The van der Waals surface area contributed by atoms with E-state index in [0.717, 1.165) is 18.4 Å². The monoisotopic (exact) mass is 377 g/mol. The van der Waals surface area contributed by atoms with Crippen LogP contribution in [0.15, 0.2) is 24.9 Å². The van der Waals surface area contributed by atoms with Crippen LogP contribution in [-0.4, -0.2) is 17.5 Å². The van der Waals surface area contributed by atoms with Gasteiger partial charge in [-0.3, -0.25) is 9.63 Å². The van der Waals surface area contributed by atoms with E-state index in [2.05, 4.69) is 22.4 Å². The van der Waals surface area contributed by atoms with Crippen molar-refractivity contribution in [2.75, 3.05) is 11.9 Å². The Labute approximate surface area is 154 Å². The molecule has 0 spiro atoms. The van der Waals surface area contributed by atoms with E-state index in [1.165, 1.54) is 12.3 Å². The number of hydrogen-bond donors (Lipinski definition) is 2. The number of aryl methyl sites for hydroxylation is 1. The number of hydroxylamine groups is 1. The van der Waals surface area contributed by atoms with E-state index in [1.54, 1.807) is 13.0 Å². The highest BCUT2D eigenvalue weighted by Crippen LogP contribution is 2.30. The summed E-state index contributed by atoms with van der Waals surface area (Å²) in [6, 6.07) is 2.33. The standard InChI is InChI=1S/C19H18F3N3O2/c1-3-12-6-10(2)8-23-18(12)24-17-13(7-14(20)15(21)16(17)22)19(26)25-27-9-11-4-5-11/h3,6-8,11H,1,4-5,9H2,2H3,(H,23,24)(H,25,26). The predicted molar refractivity (Wildman–Crippen MR) is 94.8 cm³/mol. The molecular formula is C19H18F3N3O2. The summed E-state index contributed by atoms with van der Waals surface area (Å²) in [7, 11) is 0. The smallest absolute Gasteiger partial charge is 0.277 e. The Balaban J connectivity index is 1.93. The number of pyridine rings is 1. The Hall–Kier alpha value is -2.87. The van der Waals surface area contributed by atoms with Crippen molar-refractivity contribution in [3.63, 3.8) is 0 Å². The van der Waals surface area contributed by atoms with Crippen molar-refractivity contribution in [1.29, 1.82) is 0 Å². The molecule has 1 saturated carbocycles. The Morgan fingerprint density at radius 3 is 2.74 bits per heavy atom. The predicted octanol–water partition coefficient (Wildman–Crippen LogP) is 4.27. The maximum absolute atomic E-state index is 14.4. The van der Waals surface area contributed by atoms with Gasteiger partial charge in [-0.05, 0) is 43.4 Å². The quantitative estimate of drug-likeness (QED) is 0.559. The molecule has 0 saturated heterocycles. The Morgan fingerprint density at radius 1 is 1.33 bits per heavy atom. The van der Waals surface area contributed by atoms with Gasteiger partial charge < -0.3 is 5.32 Å². The molecule has 1 aliphatic carbocycles. The second-order valence-corrected chi connectivity index (χ2v) is 6.37. The van der Waals surface area contributed by atoms with Gasteiger partial charge in [-0.25, -0.2) is 23.6 Å². The van der Waals surface area contributed by atoms with Crippen molar-refractivity contribution >= 4 is 23.5 Å². The summed E-state index contributed by atoms with van der Waals surface area (Å²) >= 11 is 0. The highest BCUT2D eigenvalue weighted by atomic mass is 19.2. The van der Waals surface area contributed by atoms with Crippen LogP contribution in [0.3, 0.4) is 0 Å². The molecule has 1 aromatic carbocycles. The first-order valence-corrected chi connectivity index (χ1v) is 8.36. The third kappa shape index (κ3) is 4.28. The number of anilines is 2. The van der Waals surface area contributed by atoms with Gasteiger partial charge in [-0.1, -0.05) is 12.7 Å². The number of benzene rings is 1. The van der Waals surface area contributed by atoms with Crippen LogP contribution in [-0.2, 0) is 4.84 Å². The van der Waals surface area contributed by atoms with Gasteiger partial charge in [-0.2, -0.15) is 0 Å². The fraction of sp³-hybridized carbons (Fsp3) is 0.263. The van der Waals surface area contributed by atoms with Crippen LogP contribution in [0, 0.1) is 30.3 Å². The van der Waals surface area contributed by atoms with Crippen molar-refractivity contribution in [1.82, 2.24) is 10.5 Å². The molecule has 0 aliphatic heterocycles. The van der Waals surface area contributed by atoms with Crippen LogP contribution in [0.5, 0.6) is 0 Å². The molecule has 1 heterocycles. The molecule has 1 aliphatic rings. The fourth-order valence-corrected chi connectivity index (χ4v) is 2.43. The van der Waals surface area contributed by atoms with Crippen molar-refractivity contribution in [2.45, 2.75) is 19.8 Å². The first kappa shape index (κ1) is 18.9. The SMILES string of the molecule is C=Cc1cc(C)cnc1Nc1c(C(=O)NOCC2CC2)cc(F)c(F)c1F. The zero-order valence-electron chi connectivity index (χ0n) is 14.6. The maximum Gasteiger partial charge on any atom is 0.277 e. The molecule has 1 amide bonds. The number of halogens is 3. The first-order valence-electron chi connectivity index (χ1n) is 8.36. The molecule has 8 heteroatoms. The summed E-state index contributed by atoms with van der Waals surface area (Å²) in [4.78, 5) is 21.5. The van der Waals surface area contributed by atoms with E-state index in [9.17, 15) is 18.0 Å². The topological polar surface area (TPSA) is 63.2 Å². The van der Waals surface area contributed by atoms with Gasteiger partial charge in [0.25, 0.3) is 5.91 Å². The van der Waals surface area contributed by atoms with Crippen molar-refractivity contribution < 1.29 is 22.8 Å². The lowest BCUT2D eigenvalue weighted by Gasteiger charge is -2.15. The number of aromatic nitrogens is 1. The molecule has 2 N–H and O–H groups in total. The molecule has 0 unspecified atom stereocenters. The Morgan fingerprint density at radius 2 is 2.07 bits per heavy atom. The summed E-state index contributed by atoms with van der Waals surface area (Å²) in [6.45, 7) is 5.75. The fourth-order valence-electron chi connectivity index (χ4n) is 2.43. The lowest BCUT2D eigenvalue weighted by molar-refractivity contribution is 0.0270. The molecule has 2 aromatic rings. The molecule has 0 atom stereocenters. The van der Waals surface area contributed by atoms with E-state index in [4.69, 9.17) is 4.84 Å². The number of carbonyl (C=O) groups is 1. The van der Waals surface area contributed by atoms with Gasteiger partial charge in [-0.15, -0.1) is 0 Å². The summed E-state index contributed by atoms with van der Waals surface area (Å²) < 4.78 is 41.8. The van der Waals surface area contributed by atoms with Crippen LogP contribution in [0.4, 0.5) is 24.7 Å². The van der Waals surface area contributed by atoms with Crippen molar-refractivity contribution in [3.8, 4) is 0 Å². The van der Waals surface area contributed by atoms with E-state index < -0.39 is 34.6 Å². The van der Waals surface area contributed by atoms with Gasteiger partial charge >= 0.3 is 0 Å². The first-order chi connectivity index (χ1) is 12.9. The summed E-state index contributed by atoms with van der Waals surface area (Å²) in [5, 5.41) is 2.57. The number of carbonyl (C=O) groups excluding carboxylic acids is 1. The molecular weight excluding hydrogens is 359 g/mol. The summed E-state index contributed by atoms with van der Waals surface area (Å²) in [5.74, 6) is -5.08. The van der Waals surface area contributed by atoms with Gasteiger partial charge in [0.2, 0.25) is 0 Å². The maximum atomic E-state index is 14.4. The van der Waals surface area contributed by atoms with Crippen LogP contribution >= 0.6 is 0 Å². The number of nitrogens with zero attached hydrogens (tertiary/aromatic N) is 1. The van der Waals surface area contributed by atoms with Gasteiger partial charge in [0.1, 0.15) is 5.82 Å². The highest BCUT2D eigenvalue weighted by molar-refractivity contribution is 6.00. The third-order valence-electron chi connectivity index (χ3n) is 4.10. The van der Waals surface area contributed by atoms with E-state index >= 15 is 0 Å². The van der Waals surface area contributed by atoms with Gasteiger partial charge in [0.15, 0.2) is 17.5 Å². The highest BCUT2D eigenvalue weighted by Gasteiger charge is 2.25. The molecule has 142 valence electrons. The number of amides is 1. The molecule has 5 nitrogen and oxygen atoms in total. The van der Waals surface area contributed by atoms with Crippen molar-refractivity contribution in [2.24, 2.45) is 5.92 Å². The normalized spacial score (nSPS) is 13.3. The third-order valence-corrected chi connectivity index (χ3v) is 4.10. The van der Waals surface area contributed by atoms with E-state index in [-0.39, 0.29) is 5.82 Å². The lowest BCUT2D eigenvalue weighted by Crippen LogP contribution is -2.26. The average Bonchev–Trinajstić information content (AvgIpc) is 3.47. The largest absolute Gasteiger partial charge is 0.337 e. The summed E-state index contributed by atoms with van der Waals surface area (Å²) in [6.07, 6.45) is 4.99. The van der Waals surface area contributed by atoms with Crippen LogP contribution < -0.4 is 10.8 Å². The molecule has 3 rings (SSSR count). The molecule has 0 bridgehead atoms.